The molecule has 0 spiro atoms. The van der Waals surface area contributed by atoms with Crippen molar-refractivity contribution in [2.24, 2.45) is 0 Å². The number of rotatable bonds is 2. The molecule has 2 nitrogen and oxygen atoms in total. The fraction of sp³-hybridized carbons (Fsp3) is 0.500. The molecule has 1 aliphatic heterocycles. The summed E-state index contributed by atoms with van der Waals surface area (Å²) in [7, 11) is 0. The summed E-state index contributed by atoms with van der Waals surface area (Å²) in [5.41, 5.74) is 1.23. The van der Waals surface area contributed by atoms with Crippen LogP contribution in [0.25, 0.3) is 0 Å². The smallest absolute Gasteiger partial charge is 0.0451 e. The van der Waals surface area contributed by atoms with Gasteiger partial charge in [-0.1, -0.05) is 29.8 Å². The van der Waals surface area contributed by atoms with Gasteiger partial charge >= 0.3 is 0 Å². The molecule has 0 radical (unpaired) electrons. The fourth-order valence-electron chi connectivity index (χ4n) is 2.02. The molecule has 1 atom stereocenters. The molecule has 2 rings (SSSR count). The number of nitrogens with zero attached hydrogens (tertiary/aromatic N) is 1. The average Bonchev–Trinajstić information content (AvgIpc) is 2.22. The van der Waals surface area contributed by atoms with Gasteiger partial charge in [-0.3, -0.25) is 4.90 Å². The van der Waals surface area contributed by atoms with Crippen molar-refractivity contribution in [1.82, 2.24) is 10.2 Å². The van der Waals surface area contributed by atoms with Gasteiger partial charge in [-0.15, -0.1) is 12.4 Å². The van der Waals surface area contributed by atoms with E-state index in [0.29, 0.717) is 6.04 Å². The molecule has 16 heavy (non-hydrogen) atoms. The van der Waals surface area contributed by atoms with Gasteiger partial charge in [0.1, 0.15) is 0 Å². The summed E-state index contributed by atoms with van der Waals surface area (Å²) in [4.78, 5) is 2.45. The van der Waals surface area contributed by atoms with E-state index < -0.39 is 0 Å². The second-order valence-corrected chi connectivity index (χ2v) is 4.59. The van der Waals surface area contributed by atoms with Crippen molar-refractivity contribution in [1.29, 1.82) is 0 Å². The van der Waals surface area contributed by atoms with E-state index in [1.165, 1.54) is 5.56 Å². The summed E-state index contributed by atoms with van der Waals surface area (Å²) in [6, 6.07) is 8.68. The lowest BCUT2D eigenvalue weighted by Gasteiger charge is -2.31. The zero-order chi connectivity index (χ0) is 10.7. The first-order valence-electron chi connectivity index (χ1n) is 5.45. The first kappa shape index (κ1) is 13.8. The Morgan fingerprint density at radius 1 is 1.44 bits per heavy atom. The van der Waals surface area contributed by atoms with Gasteiger partial charge in [0.2, 0.25) is 0 Å². The van der Waals surface area contributed by atoms with E-state index in [2.05, 4.69) is 23.2 Å². The number of halogens is 2. The minimum absolute atomic E-state index is 0. The van der Waals surface area contributed by atoms with Crippen molar-refractivity contribution in [3.63, 3.8) is 0 Å². The monoisotopic (exact) mass is 260 g/mol. The molecule has 0 amide bonds. The summed E-state index contributed by atoms with van der Waals surface area (Å²) in [5.74, 6) is 0. The quantitative estimate of drug-likeness (QED) is 0.880. The Hall–Kier alpha value is -0.280. The summed E-state index contributed by atoms with van der Waals surface area (Å²) >= 11 is 6.14. The maximum atomic E-state index is 6.14. The maximum absolute atomic E-state index is 6.14. The molecule has 1 N–H and O–H groups in total. The topological polar surface area (TPSA) is 15.3 Å². The highest BCUT2D eigenvalue weighted by atomic mass is 35.5. The molecule has 0 saturated carbocycles. The Morgan fingerprint density at radius 3 is 2.88 bits per heavy atom. The van der Waals surface area contributed by atoms with Crippen LogP contribution in [0.5, 0.6) is 0 Å². The summed E-state index contributed by atoms with van der Waals surface area (Å²) in [6.07, 6.45) is 0. The third-order valence-electron chi connectivity index (χ3n) is 2.80. The molecule has 1 fully saturated rings. The maximum Gasteiger partial charge on any atom is 0.0451 e. The van der Waals surface area contributed by atoms with Gasteiger partial charge in [-0.2, -0.15) is 0 Å². The molecule has 0 aliphatic carbocycles. The molecule has 90 valence electrons. The highest BCUT2D eigenvalue weighted by Crippen LogP contribution is 2.17. The first-order valence-corrected chi connectivity index (χ1v) is 5.82. The van der Waals surface area contributed by atoms with Crippen LogP contribution in [0.4, 0.5) is 0 Å². The van der Waals surface area contributed by atoms with Gasteiger partial charge in [-0.05, 0) is 18.6 Å². The van der Waals surface area contributed by atoms with Crippen LogP contribution in [0.2, 0.25) is 5.02 Å². The van der Waals surface area contributed by atoms with Crippen LogP contribution >= 0.6 is 24.0 Å². The van der Waals surface area contributed by atoms with Crippen LogP contribution in [0.1, 0.15) is 12.5 Å². The summed E-state index contributed by atoms with van der Waals surface area (Å²) < 4.78 is 0. The second kappa shape index (κ2) is 6.45. The highest BCUT2D eigenvalue weighted by molar-refractivity contribution is 6.31. The normalized spacial score (nSPS) is 21.5. The van der Waals surface area contributed by atoms with Crippen molar-refractivity contribution in [2.75, 3.05) is 19.6 Å². The lowest BCUT2D eigenvalue weighted by atomic mass is 10.1. The largest absolute Gasteiger partial charge is 0.312 e. The molecule has 1 aromatic carbocycles. The van der Waals surface area contributed by atoms with E-state index in [1.54, 1.807) is 0 Å². The molecule has 1 unspecified atom stereocenters. The summed E-state index contributed by atoms with van der Waals surface area (Å²) in [5, 5.41) is 4.32. The van der Waals surface area contributed by atoms with Crippen LogP contribution in [0, 0.1) is 0 Å². The number of piperazine rings is 1. The van der Waals surface area contributed by atoms with Crippen LogP contribution in [-0.4, -0.2) is 30.6 Å². The predicted octanol–water partition coefficient (Wildman–Crippen LogP) is 2.56. The van der Waals surface area contributed by atoms with Crippen molar-refractivity contribution in [3.05, 3.63) is 34.9 Å². The van der Waals surface area contributed by atoms with E-state index in [0.717, 1.165) is 31.2 Å². The molecular formula is C12H18Cl2N2. The van der Waals surface area contributed by atoms with Crippen LogP contribution in [0.3, 0.4) is 0 Å². The molecule has 1 aliphatic rings. The van der Waals surface area contributed by atoms with Crippen molar-refractivity contribution >= 4 is 24.0 Å². The Morgan fingerprint density at radius 2 is 2.19 bits per heavy atom. The number of benzene rings is 1. The molecule has 4 heteroatoms. The van der Waals surface area contributed by atoms with Gasteiger partial charge in [0.05, 0.1) is 0 Å². The minimum Gasteiger partial charge on any atom is -0.312 e. The molecule has 1 aromatic rings. The summed E-state index contributed by atoms with van der Waals surface area (Å²) in [6.45, 7) is 6.47. The molecule has 1 saturated heterocycles. The van der Waals surface area contributed by atoms with Crippen LogP contribution in [0.15, 0.2) is 24.3 Å². The molecular weight excluding hydrogens is 243 g/mol. The van der Waals surface area contributed by atoms with Crippen molar-refractivity contribution < 1.29 is 0 Å². The average molecular weight is 261 g/mol. The van der Waals surface area contributed by atoms with Gasteiger partial charge in [0, 0.05) is 37.2 Å². The Labute approximate surface area is 108 Å². The fourth-order valence-corrected chi connectivity index (χ4v) is 2.22. The van der Waals surface area contributed by atoms with E-state index >= 15 is 0 Å². The van der Waals surface area contributed by atoms with E-state index in [1.807, 2.05) is 18.2 Å². The Kier molecular flexibility index (Phi) is 5.56. The highest BCUT2D eigenvalue weighted by Gasteiger charge is 2.15. The zero-order valence-corrected chi connectivity index (χ0v) is 11.0. The predicted molar refractivity (Wildman–Crippen MR) is 71.4 cm³/mol. The van der Waals surface area contributed by atoms with Crippen molar-refractivity contribution in [2.45, 2.75) is 19.5 Å². The van der Waals surface area contributed by atoms with Gasteiger partial charge in [0.15, 0.2) is 0 Å². The van der Waals surface area contributed by atoms with E-state index in [9.17, 15) is 0 Å². The number of hydrogen-bond donors (Lipinski definition) is 1. The molecule has 0 bridgehead atoms. The van der Waals surface area contributed by atoms with Crippen molar-refractivity contribution in [3.8, 4) is 0 Å². The second-order valence-electron chi connectivity index (χ2n) is 4.18. The SMILES string of the molecule is CC1CN(Cc2ccccc2Cl)CCN1.Cl. The molecule has 1 heterocycles. The Bertz CT molecular complexity index is 331. The van der Waals surface area contributed by atoms with E-state index in [-0.39, 0.29) is 12.4 Å². The third kappa shape index (κ3) is 3.63. The van der Waals surface area contributed by atoms with Crippen LogP contribution < -0.4 is 5.32 Å². The number of hydrogen-bond acceptors (Lipinski definition) is 2. The third-order valence-corrected chi connectivity index (χ3v) is 3.17. The number of nitrogens with one attached hydrogen (secondary N) is 1. The first-order chi connectivity index (χ1) is 7.25. The minimum atomic E-state index is 0. The van der Waals surface area contributed by atoms with Gasteiger partial charge < -0.3 is 5.32 Å². The van der Waals surface area contributed by atoms with E-state index in [4.69, 9.17) is 11.6 Å². The van der Waals surface area contributed by atoms with Gasteiger partial charge in [0.25, 0.3) is 0 Å². The molecule has 0 aromatic heterocycles. The standard InChI is InChI=1S/C12H17ClN2.ClH/c1-10-8-15(7-6-14-10)9-11-4-2-3-5-12(11)13;/h2-5,10,14H,6-9H2,1H3;1H. The zero-order valence-electron chi connectivity index (χ0n) is 9.45. The Balaban J connectivity index is 0.00000128. The lowest BCUT2D eigenvalue weighted by molar-refractivity contribution is 0.199. The van der Waals surface area contributed by atoms with Crippen LogP contribution in [-0.2, 0) is 6.54 Å². The van der Waals surface area contributed by atoms with Gasteiger partial charge in [-0.25, -0.2) is 0 Å². The lowest BCUT2D eigenvalue weighted by Crippen LogP contribution is -2.48.